The first kappa shape index (κ1) is 11.6. The Labute approximate surface area is 108 Å². The summed E-state index contributed by atoms with van der Waals surface area (Å²) in [4.78, 5) is 14.3. The molecule has 3 rings (SSSR count). The zero-order valence-electron chi connectivity index (χ0n) is 10.9. The molecule has 1 fully saturated rings. The van der Waals surface area contributed by atoms with Crippen molar-refractivity contribution >= 4 is 11.6 Å². The highest BCUT2D eigenvalue weighted by Gasteiger charge is 2.21. The average Bonchev–Trinajstić information content (AvgIpc) is 2.91. The van der Waals surface area contributed by atoms with Gasteiger partial charge in [0.15, 0.2) is 0 Å². The summed E-state index contributed by atoms with van der Waals surface area (Å²) in [6, 6.07) is 6.64. The van der Waals surface area contributed by atoms with E-state index in [-0.39, 0.29) is 5.91 Å². The Morgan fingerprint density at radius 3 is 2.89 bits per heavy atom. The van der Waals surface area contributed by atoms with Crippen LogP contribution in [0.1, 0.15) is 42.1 Å². The lowest BCUT2D eigenvalue weighted by Crippen LogP contribution is -2.28. The number of hydrogen-bond donors (Lipinski definition) is 1. The highest BCUT2D eigenvalue weighted by atomic mass is 16.2. The summed E-state index contributed by atoms with van der Waals surface area (Å²) < 4.78 is 0. The maximum absolute atomic E-state index is 12.3. The molecule has 1 aromatic rings. The Balaban J connectivity index is 1.83. The van der Waals surface area contributed by atoms with E-state index < -0.39 is 0 Å². The number of benzene rings is 1. The second-order valence-electron chi connectivity index (χ2n) is 5.46. The van der Waals surface area contributed by atoms with Crippen molar-refractivity contribution in [1.82, 2.24) is 4.90 Å². The van der Waals surface area contributed by atoms with Gasteiger partial charge in [0.05, 0.1) is 0 Å². The van der Waals surface area contributed by atoms with E-state index in [0.717, 1.165) is 44.3 Å². The molecular formula is C15H20N2O. The third kappa shape index (κ3) is 2.09. The molecule has 3 nitrogen and oxygen atoms in total. The van der Waals surface area contributed by atoms with E-state index in [9.17, 15) is 4.79 Å². The van der Waals surface area contributed by atoms with Crippen LogP contribution in [0.25, 0.3) is 0 Å². The Kier molecular flexibility index (Phi) is 2.98. The van der Waals surface area contributed by atoms with Crippen molar-refractivity contribution in [3.05, 3.63) is 29.3 Å². The third-order valence-electron chi connectivity index (χ3n) is 3.99. The van der Waals surface area contributed by atoms with Crippen LogP contribution in [-0.2, 0) is 6.42 Å². The Bertz CT molecular complexity index is 464. The summed E-state index contributed by atoms with van der Waals surface area (Å²) in [5.74, 6) is 0.203. The van der Waals surface area contributed by atoms with Crippen molar-refractivity contribution in [1.29, 1.82) is 0 Å². The van der Waals surface area contributed by atoms with Crippen molar-refractivity contribution in [2.45, 2.75) is 38.6 Å². The zero-order valence-corrected chi connectivity index (χ0v) is 10.9. The van der Waals surface area contributed by atoms with Gasteiger partial charge in [-0.1, -0.05) is 0 Å². The minimum absolute atomic E-state index is 0.203. The van der Waals surface area contributed by atoms with Crippen LogP contribution in [0.15, 0.2) is 18.2 Å². The fourth-order valence-corrected chi connectivity index (χ4v) is 2.89. The molecule has 1 atom stereocenters. The van der Waals surface area contributed by atoms with Gasteiger partial charge in [0.2, 0.25) is 0 Å². The molecule has 0 aromatic heterocycles. The molecule has 0 bridgehead atoms. The first-order valence-corrected chi connectivity index (χ1v) is 6.93. The average molecular weight is 244 g/mol. The quantitative estimate of drug-likeness (QED) is 0.823. The van der Waals surface area contributed by atoms with Crippen LogP contribution >= 0.6 is 0 Å². The Hall–Kier alpha value is -1.51. The van der Waals surface area contributed by atoms with Gasteiger partial charge < -0.3 is 10.2 Å². The molecule has 2 aliphatic rings. The highest BCUT2D eigenvalue weighted by molar-refractivity contribution is 5.95. The number of anilines is 1. The number of amides is 1. The largest absolute Gasteiger partial charge is 0.382 e. The summed E-state index contributed by atoms with van der Waals surface area (Å²) in [5, 5.41) is 3.47. The molecular weight excluding hydrogens is 224 g/mol. The van der Waals surface area contributed by atoms with Gasteiger partial charge in [-0.3, -0.25) is 4.79 Å². The van der Waals surface area contributed by atoms with Crippen molar-refractivity contribution in [3.8, 4) is 0 Å². The minimum Gasteiger partial charge on any atom is -0.382 e. The zero-order chi connectivity index (χ0) is 12.5. The van der Waals surface area contributed by atoms with Crippen molar-refractivity contribution < 1.29 is 4.79 Å². The summed E-state index contributed by atoms with van der Waals surface area (Å²) in [5.41, 5.74) is 3.34. The normalized spacial score (nSPS) is 22.5. The van der Waals surface area contributed by atoms with Crippen LogP contribution in [0, 0.1) is 0 Å². The van der Waals surface area contributed by atoms with Crippen LogP contribution in [0.2, 0.25) is 0 Å². The van der Waals surface area contributed by atoms with Crippen molar-refractivity contribution in [3.63, 3.8) is 0 Å². The number of aryl methyl sites for hydroxylation is 1. The Morgan fingerprint density at radius 2 is 2.11 bits per heavy atom. The number of nitrogens with zero attached hydrogens (tertiary/aromatic N) is 1. The number of rotatable bonds is 1. The van der Waals surface area contributed by atoms with Gasteiger partial charge >= 0.3 is 0 Å². The number of nitrogens with one attached hydrogen (secondary N) is 1. The van der Waals surface area contributed by atoms with Crippen molar-refractivity contribution in [2.75, 3.05) is 18.4 Å². The van der Waals surface area contributed by atoms with Gasteiger partial charge in [0.25, 0.3) is 5.91 Å². The SMILES string of the molecule is CC1CCc2cc(C(=O)N3CCCC3)ccc2N1. The van der Waals surface area contributed by atoms with E-state index >= 15 is 0 Å². The van der Waals surface area contributed by atoms with Gasteiger partial charge in [0.1, 0.15) is 0 Å². The van der Waals surface area contributed by atoms with Gasteiger partial charge in [-0.05, 0) is 56.4 Å². The van der Waals surface area contributed by atoms with Crippen LogP contribution < -0.4 is 5.32 Å². The minimum atomic E-state index is 0.203. The maximum Gasteiger partial charge on any atom is 0.253 e. The van der Waals surface area contributed by atoms with Crippen LogP contribution in [-0.4, -0.2) is 29.9 Å². The number of likely N-dealkylation sites (tertiary alicyclic amines) is 1. The fourth-order valence-electron chi connectivity index (χ4n) is 2.89. The molecule has 18 heavy (non-hydrogen) atoms. The van der Waals surface area contributed by atoms with Gasteiger partial charge in [0, 0.05) is 30.4 Å². The predicted molar refractivity (Wildman–Crippen MR) is 73.0 cm³/mol. The molecule has 1 amide bonds. The lowest BCUT2D eigenvalue weighted by atomic mass is 9.97. The molecule has 0 aliphatic carbocycles. The molecule has 2 heterocycles. The predicted octanol–water partition coefficient (Wildman–Crippen LogP) is 2.67. The summed E-state index contributed by atoms with van der Waals surface area (Å²) in [7, 11) is 0. The lowest BCUT2D eigenvalue weighted by molar-refractivity contribution is 0.0792. The highest BCUT2D eigenvalue weighted by Crippen LogP contribution is 2.26. The summed E-state index contributed by atoms with van der Waals surface area (Å²) in [6.45, 7) is 4.04. The Morgan fingerprint density at radius 1 is 1.33 bits per heavy atom. The third-order valence-corrected chi connectivity index (χ3v) is 3.99. The van der Waals surface area contributed by atoms with E-state index in [1.165, 1.54) is 11.3 Å². The number of hydrogen-bond acceptors (Lipinski definition) is 2. The topological polar surface area (TPSA) is 32.3 Å². The molecule has 1 saturated heterocycles. The summed E-state index contributed by atoms with van der Waals surface area (Å²) in [6.07, 6.45) is 4.52. The summed E-state index contributed by atoms with van der Waals surface area (Å²) >= 11 is 0. The molecule has 1 N–H and O–H groups in total. The molecule has 3 heteroatoms. The molecule has 2 aliphatic heterocycles. The molecule has 1 aromatic carbocycles. The standard InChI is InChI=1S/C15H20N2O/c1-11-4-5-12-10-13(6-7-14(12)16-11)15(18)17-8-2-3-9-17/h6-7,10-11,16H,2-5,8-9H2,1H3. The lowest BCUT2D eigenvalue weighted by Gasteiger charge is -2.25. The van der Waals surface area contributed by atoms with Crippen molar-refractivity contribution in [2.24, 2.45) is 0 Å². The maximum atomic E-state index is 12.3. The molecule has 0 radical (unpaired) electrons. The van der Waals surface area contributed by atoms with E-state index in [2.05, 4.69) is 24.4 Å². The first-order valence-electron chi connectivity index (χ1n) is 6.93. The van der Waals surface area contributed by atoms with Crippen LogP contribution in [0.4, 0.5) is 5.69 Å². The van der Waals surface area contributed by atoms with E-state index in [1.807, 2.05) is 11.0 Å². The van der Waals surface area contributed by atoms with E-state index in [4.69, 9.17) is 0 Å². The molecule has 0 spiro atoms. The van der Waals surface area contributed by atoms with Gasteiger partial charge in [-0.15, -0.1) is 0 Å². The molecule has 96 valence electrons. The monoisotopic (exact) mass is 244 g/mol. The number of carbonyl (C=O) groups is 1. The number of carbonyl (C=O) groups excluding carboxylic acids is 1. The van der Waals surface area contributed by atoms with Crippen LogP contribution in [0.5, 0.6) is 0 Å². The first-order chi connectivity index (χ1) is 8.74. The van der Waals surface area contributed by atoms with Gasteiger partial charge in [-0.25, -0.2) is 0 Å². The smallest absolute Gasteiger partial charge is 0.253 e. The van der Waals surface area contributed by atoms with Gasteiger partial charge in [-0.2, -0.15) is 0 Å². The van der Waals surface area contributed by atoms with E-state index in [0.29, 0.717) is 6.04 Å². The van der Waals surface area contributed by atoms with Crippen LogP contribution in [0.3, 0.4) is 0 Å². The molecule has 1 unspecified atom stereocenters. The second kappa shape index (κ2) is 4.63. The van der Waals surface area contributed by atoms with E-state index in [1.54, 1.807) is 0 Å². The molecule has 0 saturated carbocycles. The number of fused-ring (bicyclic) bond motifs is 1. The fraction of sp³-hybridized carbons (Fsp3) is 0.533. The second-order valence-corrected chi connectivity index (χ2v) is 5.46.